The van der Waals surface area contributed by atoms with Gasteiger partial charge in [-0.25, -0.2) is 0 Å². The number of rotatable bonds is 4. The van der Waals surface area contributed by atoms with E-state index in [9.17, 15) is 18.3 Å². The molecule has 0 saturated carbocycles. The summed E-state index contributed by atoms with van der Waals surface area (Å²) in [6.45, 7) is 3.89. The summed E-state index contributed by atoms with van der Waals surface area (Å²) in [6.07, 6.45) is -3.45. The Balaban J connectivity index is 1.91. The van der Waals surface area contributed by atoms with Crippen molar-refractivity contribution in [3.05, 3.63) is 29.8 Å². The van der Waals surface area contributed by atoms with Gasteiger partial charge in [0.25, 0.3) is 0 Å². The number of hydrogen-bond donors (Lipinski definition) is 2. The van der Waals surface area contributed by atoms with Gasteiger partial charge in [-0.15, -0.1) is 13.2 Å². The molecule has 1 heterocycles. The third-order valence-electron chi connectivity index (χ3n) is 3.91. The Labute approximate surface area is 138 Å². The zero-order valence-corrected chi connectivity index (χ0v) is 13.5. The topological polar surface area (TPSA) is 71.1 Å². The van der Waals surface area contributed by atoms with E-state index in [4.69, 9.17) is 5.73 Å². The van der Waals surface area contributed by atoms with Gasteiger partial charge in [-0.3, -0.25) is 4.99 Å². The lowest BCUT2D eigenvalue weighted by Gasteiger charge is -2.31. The zero-order chi connectivity index (χ0) is 17.7. The van der Waals surface area contributed by atoms with Crippen molar-refractivity contribution in [2.75, 3.05) is 19.6 Å². The van der Waals surface area contributed by atoms with Gasteiger partial charge in [0.15, 0.2) is 5.96 Å². The van der Waals surface area contributed by atoms with Crippen LogP contribution in [-0.2, 0) is 0 Å². The average molecular weight is 345 g/mol. The quantitative estimate of drug-likeness (QED) is 0.650. The van der Waals surface area contributed by atoms with Gasteiger partial charge in [0.05, 0.1) is 12.6 Å². The van der Waals surface area contributed by atoms with E-state index < -0.39 is 12.5 Å². The predicted octanol–water partition coefficient (Wildman–Crippen LogP) is 2.67. The molecule has 0 spiro atoms. The molecule has 1 aliphatic heterocycles. The highest BCUT2D eigenvalue weighted by atomic mass is 19.4. The summed E-state index contributed by atoms with van der Waals surface area (Å²) in [6, 6.07) is 5.07. The summed E-state index contributed by atoms with van der Waals surface area (Å²) >= 11 is 0. The number of alkyl halides is 3. The van der Waals surface area contributed by atoms with Crippen molar-refractivity contribution in [2.45, 2.75) is 32.2 Å². The van der Waals surface area contributed by atoms with Gasteiger partial charge in [-0.1, -0.05) is 19.1 Å². The molecule has 0 aromatic heterocycles. The molecule has 2 atom stereocenters. The minimum absolute atomic E-state index is 0.0518. The molecule has 0 aliphatic carbocycles. The van der Waals surface area contributed by atoms with E-state index in [1.807, 2.05) is 4.90 Å². The largest absolute Gasteiger partial charge is 0.573 e. The number of nitrogens with two attached hydrogens (primary N) is 1. The molecular weight excluding hydrogens is 323 g/mol. The number of ether oxygens (including phenoxy) is 1. The van der Waals surface area contributed by atoms with Gasteiger partial charge in [0.2, 0.25) is 0 Å². The molecule has 0 radical (unpaired) electrons. The molecule has 24 heavy (non-hydrogen) atoms. The molecule has 0 amide bonds. The van der Waals surface area contributed by atoms with Gasteiger partial charge in [-0.2, -0.15) is 0 Å². The summed E-state index contributed by atoms with van der Waals surface area (Å²) < 4.78 is 40.1. The van der Waals surface area contributed by atoms with Crippen molar-refractivity contribution in [3.8, 4) is 5.75 Å². The highest BCUT2D eigenvalue weighted by Crippen LogP contribution is 2.24. The zero-order valence-electron chi connectivity index (χ0n) is 13.5. The maximum absolute atomic E-state index is 12.1. The number of hydrogen-bond acceptors (Lipinski definition) is 3. The summed E-state index contributed by atoms with van der Waals surface area (Å²) in [4.78, 5) is 6.19. The molecule has 2 unspecified atom stereocenters. The van der Waals surface area contributed by atoms with E-state index in [1.165, 1.54) is 18.6 Å². The van der Waals surface area contributed by atoms with E-state index in [0.717, 1.165) is 31.6 Å². The molecule has 8 heteroatoms. The maximum atomic E-state index is 12.1. The number of aliphatic imine (C=N–C) groups is 1. The number of benzene rings is 1. The second-order valence-corrected chi connectivity index (χ2v) is 6.02. The SMILES string of the molecule is CC1CCCN(C(N)=NCC(O)c2ccc(OC(F)(F)F)cc2)C1. The third kappa shape index (κ3) is 5.59. The highest BCUT2D eigenvalue weighted by molar-refractivity contribution is 5.78. The molecule has 1 aliphatic rings. The number of guanidine groups is 1. The van der Waals surface area contributed by atoms with E-state index >= 15 is 0 Å². The molecule has 5 nitrogen and oxygen atoms in total. The van der Waals surface area contributed by atoms with Crippen LogP contribution < -0.4 is 10.5 Å². The number of piperidine rings is 1. The number of halogens is 3. The van der Waals surface area contributed by atoms with Gasteiger partial charge in [-0.05, 0) is 36.5 Å². The van der Waals surface area contributed by atoms with Crippen LogP contribution in [0.3, 0.4) is 0 Å². The molecule has 134 valence electrons. The molecule has 3 N–H and O–H groups in total. The monoisotopic (exact) mass is 345 g/mol. The van der Waals surface area contributed by atoms with E-state index in [2.05, 4.69) is 16.7 Å². The standard InChI is InChI=1S/C16H22F3N3O2/c1-11-3-2-8-22(10-11)15(20)21-9-14(23)12-4-6-13(7-5-12)24-16(17,18)19/h4-7,11,14,23H,2-3,8-10H2,1H3,(H2,20,21). The Morgan fingerprint density at radius 1 is 1.42 bits per heavy atom. The third-order valence-corrected chi connectivity index (χ3v) is 3.91. The first kappa shape index (κ1) is 18.4. The van der Waals surface area contributed by atoms with Gasteiger partial charge >= 0.3 is 6.36 Å². The lowest BCUT2D eigenvalue weighted by molar-refractivity contribution is -0.274. The highest BCUT2D eigenvalue weighted by Gasteiger charge is 2.31. The van der Waals surface area contributed by atoms with Gasteiger partial charge in [0.1, 0.15) is 5.75 Å². The van der Waals surface area contributed by atoms with E-state index in [0.29, 0.717) is 17.4 Å². The minimum atomic E-state index is -4.73. The van der Waals surface area contributed by atoms with Crippen LogP contribution in [0.2, 0.25) is 0 Å². The van der Waals surface area contributed by atoms with Gasteiger partial charge < -0.3 is 20.5 Å². The fraction of sp³-hybridized carbons (Fsp3) is 0.562. The molecular formula is C16H22F3N3O2. The second kappa shape index (κ2) is 7.74. The van der Waals surface area contributed by atoms with Crippen molar-refractivity contribution in [3.63, 3.8) is 0 Å². The molecule has 1 saturated heterocycles. The van der Waals surface area contributed by atoms with Crippen molar-refractivity contribution >= 4 is 5.96 Å². The van der Waals surface area contributed by atoms with Crippen LogP contribution in [-0.4, -0.2) is 42.0 Å². The first-order valence-electron chi connectivity index (χ1n) is 7.83. The lowest BCUT2D eigenvalue weighted by Crippen LogP contribution is -2.43. The first-order valence-corrected chi connectivity index (χ1v) is 7.83. The number of likely N-dealkylation sites (tertiary alicyclic amines) is 1. The molecule has 1 fully saturated rings. The summed E-state index contributed by atoms with van der Waals surface area (Å²) in [5, 5.41) is 10.1. The Morgan fingerprint density at radius 3 is 2.67 bits per heavy atom. The smallest absolute Gasteiger partial charge is 0.406 e. The van der Waals surface area contributed by atoms with E-state index in [-0.39, 0.29) is 12.3 Å². The fourth-order valence-corrected chi connectivity index (χ4v) is 2.67. The number of nitrogens with zero attached hydrogens (tertiary/aromatic N) is 2. The second-order valence-electron chi connectivity index (χ2n) is 6.02. The lowest BCUT2D eigenvalue weighted by atomic mass is 10.0. The Bertz CT molecular complexity index is 561. The van der Waals surface area contributed by atoms with Gasteiger partial charge in [0, 0.05) is 13.1 Å². The summed E-state index contributed by atoms with van der Waals surface area (Å²) in [7, 11) is 0. The van der Waals surface area contributed by atoms with Crippen molar-refractivity contribution in [2.24, 2.45) is 16.6 Å². The molecule has 2 rings (SSSR count). The Hall–Kier alpha value is -1.96. The Kier molecular flexibility index (Phi) is 5.93. The maximum Gasteiger partial charge on any atom is 0.573 e. The predicted molar refractivity (Wildman–Crippen MR) is 84.5 cm³/mol. The molecule has 0 bridgehead atoms. The van der Waals surface area contributed by atoms with Crippen LogP contribution in [0.5, 0.6) is 5.75 Å². The minimum Gasteiger partial charge on any atom is -0.406 e. The number of aliphatic hydroxyl groups is 1. The van der Waals surface area contributed by atoms with Crippen LogP contribution in [0.1, 0.15) is 31.4 Å². The van der Waals surface area contributed by atoms with Crippen LogP contribution in [0.4, 0.5) is 13.2 Å². The van der Waals surface area contributed by atoms with E-state index in [1.54, 1.807) is 0 Å². The van der Waals surface area contributed by atoms with Crippen LogP contribution in [0.25, 0.3) is 0 Å². The molecule has 1 aromatic rings. The fourth-order valence-electron chi connectivity index (χ4n) is 2.67. The first-order chi connectivity index (χ1) is 11.2. The van der Waals surface area contributed by atoms with Crippen LogP contribution >= 0.6 is 0 Å². The summed E-state index contributed by atoms with van der Waals surface area (Å²) in [5.41, 5.74) is 6.40. The van der Waals surface area contributed by atoms with Crippen LogP contribution in [0, 0.1) is 5.92 Å². The average Bonchev–Trinajstić information content (AvgIpc) is 2.51. The Morgan fingerprint density at radius 2 is 2.08 bits per heavy atom. The summed E-state index contributed by atoms with van der Waals surface area (Å²) in [5.74, 6) is 0.611. The number of aliphatic hydroxyl groups excluding tert-OH is 1. The van der Waals surface area contributed by atoms with Crippen molar-refractivity contribution in [1.29, 1.82) is 0 Å². The van der Waals surface area contributed by atoms with Crippen molar-refractivity contribution in [1.82, 2.24) is 4.90 Å². The van der Waals surface area contributed by atoms with Crippen molar-refractivity contribution < 1.29 is 23.0 Å². The van der Waals surface area contributed by atoms with Crippen LogP contribution in [0.15, 0.2) is 29.3 Å². The normalized spacial score (nSPS) is 20.8. The molecule has 1 aromatic carbocycles.